The summed E-state index contributed by atoms with van der Waals surface area (Å²) in [5.41, 5.74) is 5.62. The molecule has 10 heteroatoms. The largest absolute Gasteiger partial charge is 0.497 e. The van der Waals surface area contributed by atoms with Crippen LogP contribution in [0.4, 0.5) is 5.69 Å². The van der Waals surface area contributed by atoms with Gasteiger partial charge in [0.15, 0.2) is 0 Å². The summed E-state index contributed by atoms with van der Waals surface area (Å²) in [6, 6.07) is 8.65. The van der Waals surface area contributed by atoms with E-state index in [1.54, 1.807) is 18.2 Å². The Balaban J connectivity index is 1.84. The number of carbonyl (C=O) groups is 2. The number of aromatic amines is 1. The van der Waals surface area contributed by atoms with Gasteiger partial charge in [0, 0.05) is 23.1 Å². The highest BCUT2D eigenvalue weighted by Gasteiger charge is 2.20. The number of rotatable bonds is 7. The normalized spacial score (nSPS) is 10.6. The first-order valence-electron chi connectivity index (χ1n) is 8.33. The first-order valence-corrected chi connectivity index (χ1v) is 8.33. The van der Waals surface area contributed by atoms with Crippen molar-refractivity contribution in [2.75, 3.05) is 14.2 Å². The van der Waals surface area contributed by atoms with E-state index >= 15 is 0 Å². The van der Waals surface area contributed by atoms with Gasteiger partial charge in [-0.2, -0.15) is 0 Å². The minimum absolute atomic E-state index is 0.0107. The first-order chi connectivity index (χ1) is 13.8. The maximum atomic E-state index is 12.4. The molecular weight excluding hydrogens is 382 g/mol. The average molecular weight is 399 g/mol. The van der Waals surface area contributed by atoms with Crippen LogP contribution in [0, 0.1) is 10.1 Å². The molecule has 29 heavy (non-hydrogen) atoms. The number of nitrogens with one attached hydrogen (secondary N) is 1. The van der Waals surface area contributed by atoms with Crippen molar-refractivity contribution in [3.05, 3.63) is 63.3 Å². The number of hydrogen-bond acceptors (Lipinski definition) is 7. The van der Waals surface area contributed by atoms with E-state index in [1.807, 2.05) is 0 Å². The Morgan fingerprint density at radius 1 is 1.14 bits per heavy atom. The van der Waals surface area contributed by atoms with Crippen molar-refractivity contribution in [1.82, 2.24) is 4.98 Å². The third-order valence-electron chi connectivity index (χ3n) is 4.27. The van der Waals surface area contributed by atoms with Crippen LogP contribution in [0.5, 0.6) is 11.5 Å². The number of amides is 1. The molecule has 1 heterocycles. The second-order valence-corrected chi connectivity index (χ2v) is 6.02. The maximum Gasteiger partial charge on any atom is 0.355 e. The van der Waals surface area contributed by atoms with Crippen LogP contribution in [-0.4, -0.2) is 36.0 Å². The Morgan fingerprint density at radius 3 is 2.52 bits per heavy atom. The first kappa shape index (κ1) is 19.7. The number of carbonyl (C=O) groups excluding carboxylic acids is 2. The monoisotopic (exact) mass is 399 g/mol. The molecule has 0 aliphatic rings. The second kappa shape index (κ2) is 7.89. The summed E-state index contributed by atoms with van der Waals surface area (Å²) >= 11 is 0. The number of hydrogen-bond donors (Lipinski definition) is 2. The highest BCUT2D eigenvalue weighted by atomic mass is 16.6. The lowest BCUT2D eigenvalue weighted by Crippen LogP contribution is -2.12. The zero-order valence-corrected chi connectivity index (χ0v) is 15.6. The van der Waals surface area contributed by atoms with E-state index in [0.717, 1.165) is 6.07 Å². The maximum absolute atomic E-state index is 12.4. The Morgan fingerprint density at radius 2 is 1.90 bits per heavy atom. The van der Waals surface area contributed by atoms with Crippen LogP contribution in [-0.2, 0) is 11.3 Å². The van der Waals surface area contributed by atoms with Crippen molar-refractivity contribution in [1.29, 1.82) is 0 Å². The van der Waals surface area contributed by atoms with Crippen LogP contribution in [0.1, 0.15) is 26.4 Å². The predicted octanol–water partition coefficient (Wildman–Crippen LogP) is 2.55. The summed E-state index contributed by atoms with van der Waals surface area (Å²) < 4.78 is 15.7. The number of nitrogens with two attached hydrogens (primary N) is 1. The van der Waals surface area contributed by atoms with Gasteiger partial charge in [-0.3, -0.25) is 14.9 Å². The van der Waals surface area contributed by atoms with Gasteiger partial charge in [0.2, 0.25) is 5.91 Å². The molecular formula is C19H17N3O7. The molecule has 0 radical (unpaired) electrons. The Labute approximate surface area is 164 Å². The molecule has 150 valence electrons. The van der Waals surface area contributed by atoms with E-state index in [2.05, 4.69) is 4.98 Å². The molecule has 0 aliphatic carbocycles. The zero-order chi connectivity index (χ0) is 21.1. The summed E-state index contributed by atoms with van der Waals surface area (Å²) in [5, 5.41) is 11.9. The molecule has 2 aromatic carbocycles. The smallest absolute Gasteiger partial charge is 0.355 e. The standard InChI is InChI=1S/C19H17N3O7/c1-27-13-5-12-6-14(21-17(12)16(8-13)28-2)19(24)29-9-11-4-3-10(18(20)23)7-15(11)22(25)26/h3-8,21H,9H2,1-2H3,(H2,20,23). The van der Waals surface area contributed by atoms with Crippen molar-refractivity contribution >= 4 is 28.5 Å². The summed E-state index contributed by atoms with van der Waals surface area (Å²) in [6.07, 6.45) is 0. The van der Waals surface area contributed by atoms with Crippen molar-refractivity contribution in [3.63, 3.8) is 0 Å². The molecule has 1 amide bonds. The topological polar surface area (TPSA) is 147 Å². The minimum Gasteiger partial charge on any atom is -0.497 e. The van der Waals surface area contributed by atoms with E-state index < -0.39 is 16.8 Å². The highest BCUT2D eigenvalue weighted by molar-refractivity contribution is 5.97. The van der Waals surface area contributed by atoms with Gasteiger partial charge in [-0.05, 0) is 24.3 Å². The van der Waals surface area contributed by atoms with E-state index in [0.29, 0.717) is 22.4 Å². The number of ether oxygens (including phenoxy) is 3. The SMILES string of the molecule is COc1cc(OC)c2[nH]c(C(=O)OCc3ccc(C(N)=O)cc3[N+](=O)[O-])cc2c1. The molecule has 0 atom stereocenters. The van der Waals surface area contributed by atoms with Crippen LogP contribution in [0.15, 0.2) is 36.4 Å². The van der Waals surface area contributed by atoms with Crippen molar-refractivity contribution in [2.45, 2.75) is 6.61 Å². The third kappa shape index (κ3) is 3.95. The number of methoxy groups -OCH3 is 2. The minimum atomic E-state index is -0.793. The molecule has 1 aromatic heterocycles. The number of nitro benzene ring substituents is 1. The lowest BCUT2D eigenvalue weighted by atomic mass is 10.1. The molecule has 0 fully saturated rings. The van der Waals surface area contributed by atoms with Gasteiger partial charge < -0.3 is 24.9 Å². The highest BCUT2D eigenvalue weighted by Crippen LogP contribution is 2.31. The van der Waals surface area contributed by atoms with Crippen molar-refractivity contribution in [2.24, 2.45) is 5.73 Å². The van der Waals surface area contributed by atoms with Gasteiger partial charge in [0.1, 0.15) is 23.8 Å². The molecule has 3 rings (SSSR count). The van der Waals surface area contributed by atoms with E-state index in [9.17, 15) is 19.7 Å². The van der Waals surface area contributed by atoms with E-state index in [4.69, 9.17) is 19.9 Å². The fraction of sp³-hybridized carbons (Fsp3) is 0.158. The van der Waals surface area contributed by atoms with Gasteiger partial charge in [-0.1, -0.05) is 0 Å². The quantitative estimate of drug-likeness (QED) is 0.352. The van der Waals surface area contributed by atoms with Gasteiger partial charge >= 0.3 is 5.97 Å². The fourth-order valence-electron chi connectivity index (χ4n) is 2.80. The average Bonchev–Trinajstić information content (AvgIpc) is 3.15. The zero-order valence-electron chi connectivity index (χ0n) is 15.6. The van der Waals surface area contributed by atoms with Crippen LogP contribution in [0.3, 0.4) is 0 Å². The van der Waals surface area contributed by atoms with Gasteiger partial charge in [0.05, 0.1) is 30.2 Å². The Bertz CT molecular complexity index is 1120. The molecule has 0 unspecified atom stereocenters. The lowest BCUT2D eigenvalue weighted by Gasteiger charge is -2.06. The van der Waals surface area contributed by atoms with Crippen molar-refractivity contribution < 1.29 is 28.7 Å². The number of primary amides is 1. The number of nitro groups is 1. The summed E-state index contributed by atoms with van der Waals surface area (Å²) in [4.78, 5) is 37.1. The van der Waals surface area contributed by atoms with E-state index in [-0.39, 0.29) is 29.1 Å². The molecule has 0 saturated carbocycles. The van der Waals surface area contributed by atoms with Crippen LogP contribution < -0.4 is 15.2 Å². The number of H-pyrrole nitrogens is 1. The molecule has 10 nitrogen and oxygen atoms in total. The molecule has 0 saturated heterocycles. The van der Waals surface area contributed by atoms with E-state index in [1.165, 1.54) is 26.4 Å². The second-order valence-electron chi connectivity index (χ2n) is 6.02. The van der Waals surface area contributed by atoms with Crippen LogP contribution in [0.2, 0.25) is 0 Å². The van der Waals surface area contributed by atoms with Crippen LogP contribution >= 0.6 is 0 Å². The van der Waals surface area contributed by atoms with Gasteiger partial charge in [0.25, 0.3) is 5.69 Å². The molecule has 3 aromatic rings. The Hall–Kier alpha value is -4.08. The lowest BCUT2D eigenvalue weighted by molar-refractivity contribution is -0.385. The number of benzene rings is 2. The third-order valence-corrected chi connectivity index (χ3v) is 4.27. The molecule has 0 bridgehead atoms. The Kier molecular flexibility index (Phi) is 5.35. The number of nitrogens with zero attached hydrogens (tertiary/aromatic N) is 1. The predicted molar refractivity (Wildman–Crippen MR) is 102 cm³/mol. The summed E-state index contributed by atoms with van der Waals surface area (Å²) in [7, 11) is 3.00. The summed E-state index contributed by atoms with van der Waals surface area (Å²) in [6.45, 7) is -0.357. The number of fused-ring (bicyclic) bond motifs is 1. The summed E-state index contributed by atoms with van der Waals surface area (Å²) in [5.74, 6) is -0.468. The molecule has 3 N–H and O–H groups in total. The van der Waals surface area contributed by atoms with Crippen LogP contribution in [0.25, 0.3) is 10.9 Å². The number of esters is 1. The van der Waals surface area contributed by atoms with Gasteiger partial charge in [-0.15, -0.1) is 0 Å². The van der Waals surface area contributed by atoms with Gasteiger partial charge in [-0.25, -0.2) is 4.79 Å². The molecule has 0 aliphatic heterocycles. The fourth-order valence-corrected chi connectivity index (χ4v) is 2.80. The number of aromatic nitrogens is 1. The van der Waals surface area contributed by atoms with Crippen molar-refractivity contribution in [3.8, 4) is 11.5 Å². The molecule has 0 spiro atoms.